The van der Waals surface area contributed by atoms with Gasteiger partial charge in [-0.25, -0.2) is 17.2 Å². The molecule has 2 N–H and O–H groups in total. The Hall–Kier alpha value is -2.26. The topological polar surface area (TPSA) is 99.1 Å². The first-order valence-corrected chi connectivity index (χ1v) is 11.4. The van der Waals surface area contributed by atoms with Gasteiger partial charge < -0.3 is 5.32 Å². The lowest BCUT2D eigenvalue weighted by atomic mass is 10.0. The summed E-state index contributed by atoms with van der Waals surface area (Å²) in [5.41, 5.74) is -2.64. The number of rotatable bonds is 9. The summed E-state index contributed by atoms with van der Waals surface area (Å²) in [5, 5.41) is 13.2. The van der Waals surface area contributed by atoms with Crippen molar-refractivity contribution in [1.82, 2.24) is 10.6 Å². The van der Waals surface area contributed by atoms with Gasteiger partial charge in [-0.2, -0.15) is 18.4 Å². The summed E-state index contributed by atoms with van der Waals surface area (Å²) in [7, 11) is -3.96. The van der Waals surface area contributed by atoms with Gasteiger partial charge in [0.2, 0.25) is 5.91 Å². The number of carbonyl (C=O) groups is 1. The van der Waals surface area contributed by atoms with E-state index in [1.807, 2.05) is 11.4 Å². The quantitative estimate of drug-likeness (QED) is 0.546. The van der Waals surface area contributed by atoms with Crippen LogP contribution in [0.2, 0.25) is 0 Å². The van der Waals surface area contributed by atoms with E-state index >= 15 is 0 Å². The maximum Gasteiger partial charge on any atom is 0.408 e. The van der Waals surface area contributed by atoms with Crippen molar-refractivity contribution in [1.29, 1.82) is 5.26 Å². The molecule has 31 heavy (non-hydrogen) atoms. The van der Waals surface area contributed by atoms with Crippen LogP contribution in [0, 0.1) is 28.9 Å². The maximum atomic E-state index is 14.1. The van der Waals surface area contributed by atoms with Gasteiger partial charge in [-0.3, -0.25) is 10.1 Å². The molecule has 1 amide bonds. The Balaban J connectivity index is 1.92. The third-order valence-corrected chi connectivity index (χ3v) is 7.05. The number of sulfone groups is 1. The van der Waals surface area contributed by atoms with Crippen LogP contribution in [0.3, 0.4) is 0 Å². The number of nitrogens with zero attached hydrogens (tertiary/aromatic N) is 1. The van der Waals surface area contributed by atoms with Crippen molar-refractivity contribution < 1.29 is 35.2 Å². The summed E-state index contributed by atoms with van der Waals surface area (Å²) in [4.78, 5) is 12.7. The van der Waals surface area contributed by atoms with E-state index in [-0.39, 0.29) is 24.5 Å². The van der Waals surface area contributed by atoms with E-state index in [1.54, 1.807) is 0 Å². The molecular formula is C19H20F5N3O3S. The summed E-state index contributed by atoms with van der Waals surface area (Å²) in [6, 6.07) is -0.973. The van der Waals surface area contributed by atoms with Crippen molar-refractivity contribution in [2.45, 2.75) is 49.5 Å². The van der Waals surface area contributed by atoms with Gasteiger partial charge in [0.15, 0.2) is 9.84 Å². The summed E-state index contributed by atoms with van der Waals surface area (Å²) < 4.78 is 94.2. The molecule has 1 aromatic rings. The zero-order valence-electron chi connectivity index (χ0n) is 16.2. The van der Waals surface area contributed by atoms with E-state index in [1.165, 1.54) is 0 Å². The van der Waals surface area contributed by atoms with Crippen LogP contribution in [0.25, 0.3) is 0 Å². The van der Waals surface area contributed by atoms with Crippen molar-refractivity contribution in [3.63, 3.8) is 0 Å². The predicted molar refractivity (Wildman–Crippen MR) is 99.2 cm³/mol. The van der Waals surface area contributed by atoms with E-state index in [0.29, 0.717) is 25.0 Å². The molecular weight excluding hydrogens is 445 g/mol. The SMILES string of the molecule is N#CC1(NC(=O)[C@H](CS(=O)(=O)CC2CC2)N[C@@H](c2c(F)cccc2F)C(F)(F)F)CC1. The highest BCUT2D eigenvalue weighted by Crippen LogP contribution is 2.37. The van der Waals surface area contributed by atoms with Gasteiger partial charge >= 0.3 is 6.18 Å². The van der Waals surface area contributed by atoms with Gasteiger partial charge in [-0.1, -0.05) is 6.07 Å². The third kappa shape index (κ3) is 5.92. The number of nitriles is 1. The summed E-state index contributed by atoms with van der Waals surface area (Å²) in [6.07, 6.45) is -3.39. The van der Waals surface area contributed by atoms with Crippen LogP contribution in [-0.2, 0) is 14.6 Å². The number of nitrogens with one attached hydrogen (secondary N) is 2. The highest BCUT2D eigenvalue weighted by atomic mass is 32.2. The number of benzene rings is 1. The third-order valence-electron chi connectivity index (χ3n) is 5.23. The highest BCUT2D eigenvalue weighted by molar-refractivity contribution is 7.91. The zero-order chi connectivity index (χ0) is 23.0. The fourth-order valence-corrected chi connectivity index (χ4v) is 5.15. The van der Waals surface area contributed by atoms with Crippen molar-refractivity contribution in [2.75, 3.05) is 11.5 Å². The number of hydrogen-bond acceptors (Lipinski definition) is 5. The van der Waals surface area contributed by atoms with E-state index in [2.05, 4.69) is 5.32 Å². The molecule has 6 nitrogen and oxygen atoms in total. The van der Waals surface area contributed by atoms with E-state index in [4.69, 9.17) is 5.26 Å². The van der Waals surface area contributed by atoms with Gasteiger partial charge in [-0.15, -0.1) is 0 Å². The molecule has 2 fully saturated rings. The lowest BCUT2D eigenvalue weighted by Gasteiger charge is -2.28. The minimum absolute atomic E-state index is 0.120. The second kappa shape index (κ2) is 8.35. The Labute approximate surface area is 175 Å². The normalized spacial score (nSPS) is 19.9. The monoisotopic (exact) mass is 465 g/mol. The molecule has 2 aliphatic rings. The summed E-state index contributed by atoms with van der Waals surface area (Å²) >= 11 is 0. The fourth-order valence-electron chi connectivity index (χ4n) is 3.21. The van der Waals surface area contributed by atoms with Gasteiger partial charge in [0.1, 0.15) is 29.3 Å². The van der Waals surface area contributed by atoms with Crippen LogP contribution >= 0.6 is 0 Å². The molecule has 0 unspecified atom stereocenters. The molecule has 2 atom stereocenters. The number of hydrogen-bond donors (Lipinski definition) is 2. The number of halogens is 5. The zero-order valence-corrected chi connectivity index (χ0v) is 17.0. The van der Waals surface area contributed by atoms with E-state index in [0.717, 1.165) is 6.07 Å². The van der Waals surface area contributed by atoms with Gasteiger partial charge in [0.05, 0.1) is 17.6 Å². The highest BCUT2D eigenvalue weighted by Gasteiger charge is 2.49. The average molecular weight is 465 g/mol. The number of carbonyl (C=O) groups excluding carboxylic acids is 1. The van der Waals surface area contributed by atoms with E-state index in [9.17, 15) is 35.2 Å². The maximum absolute atomic E-state index is 14.1. The van der Waals surface area contributed by atoms with Crippen LogP contribution in [0.5, 0.6) is 0 Å². The number of alkyl halides is 3. The molecule has 0 bridgehead atoms. The lowest BCUT2D eigenvalue weighted by Crippen LogP contribution is -2.54. The Morgan fingerprint density at radius 2 is 1.81 bits per heavy atom. The van der Waals surface area contributed by atoms with Crippen LogP contribution < -0.4 is 10.6 Å². The molecule has 0 radical (unpaired) electrons. The molecule has 2 saturated carbocycles. The van der Waals surface area contributed by atoms with Gasteiger partial charge in [-0.05, 0) is 43.7 Å². The van der Waals surface area contributed by atoms with Crippen molar-refractivity contribution in [3.8, 4) is 6.07 Å². The van der Waals surface area contributed by atoms with Crippen LogP contribution in [-0.4, -0.2) is 43.6 Å². The van der Waals surface area contributed by atoms with Crippen LogP contribution in [0.1, 0.15) is 37.3 Å². The molecule has 0 aromatic heterocycles. The Morgan fingerprint density at radius 1 is 1.23 bits per heavy atom. The average Bonchev–Trinajstić information content (AvgIpc) is 3.56. The Bertz CT molecular complexity index is 978. The molecule has 0 spiro atoms. The summed E-state index contributed by atoms with van der Waals surface area (Å²) in [6.45, 7) is 0. The van der Waals surface area contributed by atoms with Gasteiger partial charge in [0, 0.05) is 5.56 Å². The first kappa shape index (κ1) is 23.4. The molecule has 0 heterocycles. The van der Waals surface area contributed by atoms with Crippen molar-refractivity contribution in [2.24, 2.45) is 5.92 Å². The molecule has 0 saturated heterocycles. The minimum atomic E-state index is -5.24. The van der Waals surface area contributed by atoms with Crippen LogP contribution in [0.4, 0.5) is 22.0 Å². The van der Waals surface area contributed by atoms with Crippen molar-refractivity contribution >= 4 is 15.7 Å². The van der Waals surface area contributed by atoms with Crippen molar-refractivity contribution in [3.05, 3.63) is 35.4 Å². The smallest absolute Gasteiger partial charge is 0.336 e. The second-order valence-electron chi connectivity index (χ2n) is 8.03. The first-order chi connectivity index (χ1) is 14.4. The molecule has 3 rings (SSSR count). The molecule has 1 aromatic carbocycles. The molecule has 2 aliphatic carbocycles. The Morgan fingerprint density at radius 3 is 2.26 bits per heavy atom. The number of amides is 1. The predicted octanol–water partition coefficient (Wildman–Crippen LogP) is 2.52. The van der Waals surface area contributed by atoms with Gasteiger partial charge in [0.25, 0.3) is 0 Å². The van der Waals surface area contributed by atoms with E-state index < -0.39 is 62.5 Å². The summed E-state index contributed by atoms with van der Waals surface area (Å²) in [5.74, 6) is -5.56. The standard InChI is InChI=1S/C19H20F5N3O3S/c20-12-2-1-3-13(21)15(12)16(19(22,23)24)26-14(9-31(29,30)8-11-4-5-11)17(28)27-18(10-25)6-7-18/h1-3,11,14,16,26H,4-9H2,(H,27,28)/t14-,16-/m0/s1. The molecule has 0 aliphatic heterocycles. The second-order valence-corrected chi connectivity index (χ2v) is 10.2. The first-order valence-electron chi connectivity index (χ1n) is 9.56. The Kier molecular flexibility index (Phi) is 6.30. The minimum Gasteiger partial charge on any atom is -0.336 e. The molecule has 170 valence electrons. The largest absolute Gasteiger partial charge is 0.408 e. The van der Waals surface area contributed by atoms with Crippen LogP contribution in [0.15, 0.2) is 18.2 Å². The lowest BCUT2D eigenvalue weighted by molar-refractivity contribution is -0.161. The molecule has 12 heteroatoms. The fraction of sp³-hybridized carbons (Fsp3) is 0.579.